The third-order valence-corrected chi connectivity index (χ3v) is 12.1. The molecule has 0 spiro atoms. The molecule has 0 unspecified atom stereocenters. The molecule has 2 nitrogen and oxygen atoms in total. The molecule has 0 bridgehead atoms. The molecule has 55 heavy (non-hydrogen) atoms. The normalized spacial score (nSPS) is 11.6. The molecule has 0 amide bonds. The van der Waals surface area contributed by atoms with Crippen LogP contribution in [0, 0.1) is 0 Å². The molecule has 0 saturated heterocycles. The van der Waals surface area contributed by atoms with E-state index < -0.39 is 0 Å². The second-order valence-corrected chi connectivity index (χ2v) is 15.1. The summed E-state index contributed by atoms with van der Waals surface area (Å²) < 4.78 is 9.08. The second-order valence-electron chi connectivity index (χ2n) is 14.1. The lowest BCUT2D eigenvalue weighted by atomic mass is 9.99. The first-order valence-electron chi connectivity index (χ1n) is 18.7. The van der Waals surface area contributed by atoms with Gasteiger partial charge in [-0.25, -0.2) is 0 Å². The molecule has 0 aliphatic carbocycles. The first-order chi connectivity index (χ1) is 27.3. The van der Waals surface area contributed by atoms with Crippen LogP contribution in [0.1, 0.15) is 0 Å². The maximum Gasteiger partial charge on any atom is 0.143 e. The summed E-state index contributed by atoms with van der Waals surface area (Å²) in [5, 5.41) is 7.52. The molecule has 11 aromatic rings. The summed E-state index contributed by atoms with van der Waals surface area (Å²) in [6.45, 7) is 0. The molecule has 0 radical (unpaired) electrons. The van der Waals surface area contributed by atoms with Crippen LogP contribution >= 0.6 is 11.3 Å². The second kappa shape index (κ2) is 12.9. The van der Waals surface area contributed by atoms with Crippen LogP contribution in [-0.2, 0) is 0 Å². The zero-order valence-corrected chi connectivity index (χ0v) is 30.6. The molecule has 9 aromatic carbocycles. The van der Waals surface area contributed by atoms with E-state index in [0.717, 1.165) is 50.1 Å². The van der Waals surface area contributed by atoms with Crippen LogP contribution in [0.15, 0.2) is 205 Å². The van der Waals surface area contributed by atoms with Crippen molar-refractivity contribution in [2.24, 2.45) is 0 Å². The zero-order chi connectivity index (χ0) is 36.3. The fourth-order valence-corrected chi connectivity index (χ4v) is 9.49. The van der Waals surface area contributed by atoms with Gasteiger partial charge in [-0.05, 0) is 75.5 Å². The molecule has 0 saturated carbocycles. The van der Waals surface area contributed by atoms with Gasteiger partial charge in [-0.3, -0.25) is 0 Å². The third kappa shape index (κ3) is 5.32. The van der Waals surface area contributed by atoms with Crippen LogP contribution in [-0.4, -0.2) is 0 Å². The van der Waals surface area contributed by atoms with Crippen molar-refractivity contribution in [2.45, 2.75) is 0 Å². The number of hydrogen-bond acceptors (Lipinski definition) is 3. The van der Waals surface area contributed by atoms with Gasteiger partial charge >= 0.3 is 0 Å². The van der Waals surface area contributed by atoms with Crippen molar-refractivity contribution >= 4 is 81.3 Å². The van der Waals surface area contributed by atoms with Gasteiger partial charge in [0.25, 0.3) is 0 Å². The fourth-order valence-electron chi connectivity index (χ4n) is 8.21. The van der Waals surface area contributed by atoms with Crippen LogP contribution in [0.4, 0.5) is 17.1 Å². The fraction of sp³-hybridized carbons (Fsp3) is 0. The lowest BCUT2D eigenvalue weighted by Gasteiger charge is -2.28. The van der Waals surface area contributed by atoms with Gasteiger partial charge in [-0.1, -0.05) is 158 Å². The van der Waals surface area contributed by atoms with Crippen molar-refractivity contribution in [1.29, 1.82) is 0 Å². The standard InChI is InChI=1S/C52H33NOS/c1-2-11-35(12-3-1)41-14-6-8-19-48(41)53(40-29-23-37(24-30-40)42-17-10-18-46-44-16-7-9-20-49(44)54-51(42)46)39-27-21-34(22-28-39)38-26-31-45-47-32-25-36-13-4-5-15-43(36)52(47)55-50(45)33-38/h1-33H. The summed E-state index contributed by atoms with van der Waals surface area (Å²) in [5.41, 5.74) is 12.1. The number of nitrogens with zero attached hydrogens (tertiary/aromatic N) is 1. The summed E-state index contributed by atoms with van der Waals surface area (Å²) in [7, 11) is 0. The van der Waals surface area contributed by atoms with E-state index in [9.17, 15) is 0 Å². The van der Waals surface area contributed by atoms with E-state index in [1.165, 1.54) is 53.2 Å². The van der Waals surface area contributed by atoms with E-state index in [4.69, 9.17) is 4.42 Å². The lowest BCUT2D eigenvalue weighted by Crippen LogP contribution is -2.11. The number of hydrogen-bond donors (Lipinski definition) is 0. The van der Waals surface area contributed by atoms with Crippen LogP contribution in [0.2, 0.25) is 0 Å². The highest BCUT2D eigenvalue weighted by Gasteiger charge is 2.19. The largest absolute Gasteiger partial charge is 0.455 e. The molecule has 11 rings (SSSR count). The molecule has 0 atom stereocenters. The number of rotatable bonds is 6. The number of furan rings is 1. The van der Waals surface area contributed by atoms with Gasteiger partial charge < -0.3 is 9.32 Å². The molecule has 0 aliphatic rings. The first kappa shape index (κ1) is 31.6. The summed E-state index contributed by atoms with van der Waals surface area (Å²) in [6, 6.07) is 72.1. The Bertz CT molecular complexity index is 3190. The molecule has 0 N–H and O–H groups in total. The topological polar surface area (TPSA) is 16.4 Å². The predicted molar refractivity (Wildman–Crippen MR) is 235 cm³/mol. The quantitative estimate of drug-likeness (QED) is 0.170. The monoisotopic (exact) mass is 719 g/mol. The zero-order valence-electron chi connectivity index (χ0n) is 29.8. The molecular weight excluding hydrogens is 687 g/mol. The van der Waals surface area contributed by atoms with Crippen molar-refractivity contribution < 1.29 is 4.42 Å². The molecular formula is C52H33NOS. The van der Waals surface area contributed by atoms with Gasteiger partial charge in [0.1, 0.15) is 11.2 Å². The van der Waals surface area contributed by atoms with Gasteiger partial charge in [0.15, 0.2) is 0 Å². The van der Waals surface area contributed by atoms with Crippen LogP contribution in [0.25, 0.3) is 86.3 Å². The number of anilines is 3. The summed E-state index contributed by atoms with van der Waals surface area (Å²) >= 11 is 1.89. The first-order valence-corrected chi connectivity index (χ1v) is 19.5. The van der Waals surface area contributed by atoms with Crippen LogP contribution in [0.5, 0.6) is 0 Å². The van der Waals surface area contributed by atoms with Crippen molar-refractivity contribution in [3.8, 4) is 33.4 Å². The molecule has 3 heteroatoms. The minimum Gasteiger partial charge on any atom is -0.455 e. The van der Waals surface area contributed by atoms with Crippen LogP contribution in [0.3, 0.4) is 0 Å². The van der Waals surface area contributed by atoms with E-state index >= 15 is 0 Å². The number of para-hydroxylation sites is 3. The Hall–Kier alpha value is -6.94. The maximum absolute atomic E-state index is 6.41. The van der Waals surface area contributed by atoms with Gasteiger partial charge in [0.2, 0.25) is 0 Å². The lowest BCUT2D eigenvalue weighted by molar-refractivity contribution is 0.670. The molecule has 0 aliphatic heterocycles. The Kier molecular flexibility index (Phi) is 7.39. The Morgan fingerprint density at radius 1 is 0.382 bits per heavy atom. The van der Waals surface area contributed by atoms with Crippen molar-refractivity contribution in [1.82, 2.24) is 0 Å². The van der Waals surface area contributed by atoms with Crippen molar-refractivity contribution in [3.63, 3.8) is 0 Å². The average molecular weight is 720 g/mol. The highest BCUT2D eigenvalue weighted by atomic mass is 32.1. The number of benzene rings is 9. The predicted octanol–water partition coefficient (Wildman–Crippen LogP) is 15.6. The summed E-state index contributed by atoms with van der Waals surface area (Å²) in [4.78, 5) is 2.37. The van der Waals surface area contributed by atoms with E-state index in [1.54, 1.807) is 0 Å². The average Bonchev–Trinajstić information content (AvgIpc) is 3.83. The highest BCUT2D eigenvalue weighted by molar-refractivity contribution is 7.26. The molecule has 0 fully saturated rings. The Labute approximate surface area is 322 Å². The Morgan fingerprint density at radius 3 is 1.84 bits per heavy atom. The summed E-state index contributed by atoms with van der Waals surface area (Å²) in [5.74, 6) is 0. The van der Waals surface area contributed by atoms with Gasteiger partial charge in [0, 0.05) is 53.4 Å². The van der Waals surface area contributed by atoms with E-state index in [1.807, 2.05) is 23.5 Å². The smallest absolute Gasteiger partial charge is 0.143 e. The Balaban J connectivity index is 1.01. The van der Waals surface area contributed by atoms with Gasteiger partial charge in [0.05, 0.1) is 5.69 Å². The van der Waals surface area contributed by atoms with Crippen molar-refractivity contribution in [2.75, 3.05) is 4.90 Å². The minimum atomic E-state index is 0.908. The highest BCUT2D eigenvalue weighted by Crippen LogP contribution is 2.44. The third-order valence-electron chi connectivity index (χ3n) is 10.9. The minimum absolute atomic E-state index is 0.908. The van der Waals surface area contributed by atoms with Crippen molar-refractivity contribution in [3.05, 3.63) is 200 Å². The SMILES string of the molecule is c1ccc(-c2ccccc2N(c2ccc(-c3ccc4c(c3)sc3c5ccccc5ccc43)cc2)c2ccc(-c3cccc4c3oc3ccccc34)cc2)cc1. The number of fused-ring (bicyclic) bond motifs is 8. The van der Waals surface area contributed by atoms with E-state index in [-0.39, 0.29) is 0 Å². The maximum atomic E-state index is 6.41. The van der Waals surface area contributed by atoms with Gasteiger partial charge in [-0.2, -0.15) is 0 Å². The molecule has 258 valence electrons. The van der Waals surface area contributed by atoms with Gasteiger partial charge in [-0.15, -0.1) is 11.3 Å². The molecule has 2 heterocycles. The molecule has 2 aromatic heterocycles. The van der Waals surface area contributed by atoms with Crippen LogP contribution < -0.4 is 4.90 Å². The number of thiophene rings is 1. The van der Waals surface area contributed by atoms with E-state index in [2.05, 4.69) is 193 Å². The summed E-state index contributed by atoms with van der Waals surface area (Å²) in [6.07, 6.45) is 0. The van der Waals surface area contributed by atoms with E-state index in [0.29, 0.717) is 0 Å². The Morgan fingerprint density at radius 2 is 1.00 bits per heavy atom.